The van der Waals surface area contributed by atoms with E-state index in [4.69, 9.17) is 9.31 Å². The van der Waals surface area contributed by atoms with E-state index in [1.54, 1.807) is 0 Å². The molecule has 1 saturated heterocycles. The highest BCUT2D eigenvalue weighted by molar-refractivity contribution is 6.62. The van der Waals surface area contributed by atoms with Crippen molar-refractivity contribution in [1.29, 1.82) is 0 Å². The lowest BCUT2D eigenvalue weighted by atomic mass is 9.82. The predicted molar refractivity (Wildman–Crippen MR) is 93.4 cm³/mol. The van der Waals surface area contributed by atoms with Gasteiger partial charge in [-0.15, -0.1) is 0 Å². The van der Waals surface area contributed by atoms with Crippen LogP contribution in [0.15, 0.2) is 36.7 Å². The lowest BCUT2D eigenvalue weighted by molar-refractivity contribution is 0.00578. The van der Waals surface area contributed by atoms with E-state index in [9.17, 15) is 0 Å². The summed E-state index contributed by atoms with van der Waals surface area (Å²) < 4.78 is 14.0. The van der Waals surface area contributed by atoms with Gasteiger partial charge in [-0.05, 0) is 51.3 Å². The quantitative estimate of drug-likeness (QED) is 0.816. The van der Waals surface area contributed by atoms with Gasteiger partial charge in [-0.2, -0.15) is 5.10 Å². The molecule has 0 spiro atoms. The highest BCUT2D eigenvalue weighted by Gasteiger charge is 2.52. The number of hydrogen-bond acceptors (Lipinski definition) is 3. The van der Waals surface area contributed by atoms with Crippen molar-refractivity contribution in [3.63, 3.8) is 0 Å². The smallest absolute Gasteiger partial charge is 0.399 e. The van der Waals surface area contributed by atoms with Crippen LogP contribution in [0, 0.1) is 0 Å². The molecule has 5 heteroatoms. The molecule has 1 aliphatic heterocycles. The summed E-state index contributed by atoms with van der Waals surface area (Å²) in [5.74, 6) is 0.530. The summed E-state index contributed by atoms with van der Waals surface area (Å²) in [5, 5.41) is 4.46. The molecule has 1 aromatic carbocycles. The second kappa shape index (κ2) is 5.50. The molecule has 1 aliphatic rings. The molecule has 2 aromatic rings. The lowest BCUT2D eigenvalue weighted by Crippen LogP contribution is -2.41. The normalized spacial score (nSPS) is 19.5. The van der Waals surface area contributed by atoms with Gasteiger partial charge in [0.2, 0.25) is 0 Å². The fraction of sp³-hybridized carbons (Fsp3) is 0.500. The molecular weight excluding hydrogens is 287 g/mol. The van der Waals surface area contributed by atoms with Crippen molar-refractivity contribution in [2.75, 3.05) is 0 Å². The fourth-order valence-electron chi connectivity index (χ4n) is 2.59. The molecule has 0 aliphatic carbocycles. The molecule has 122 valence electrons. The molecule has 0 N–H and O–H groups in total. The van der Waals surface area contributed by atoms with Crippen LogP contribution >= 0.6 is 0 Å². The summed E-state index contributed by atoms with van der Waals surface area (Å²) in [7, 11) is -0.372. The third-order valence-corrected chi connectivity index (χ3v) is 4.95. The Morgan fingerprint density at radius 1 is 1.00 bits per heavy atom. The summed E-state index contributed by atoms with van der Waals surface area (Å²) in [4.78, 5) is 0. The summed E-state index contributed by atoms with van der Waals surface area (Å²) in [6, 6.07) is 8.49. The van der Waals surface area contributed by atoms with Crippen molar-refractivity contribution in [1.82, 2.24) is 9.78 Å². The van der Waals surface area contributed by atoms with Crippen molar-refractivity contribution in [2.45, 2.75) is 58.7 Å². The molecule has 0 saturated carbocycles. The first-order valence-electron chi connectivity index (χ1n) is 8.20. The predicted octanol–water partition coefficient (Wildman–Crippen LogP) is 3.29. The van der Waals surface area contributed by atoms with E-state index in [1.165, 1.54) is 5.56 Å². The van der Waals surface area contributed by atoms with E-state index in [2.05, 4.69) is 70.9 Å². The van der Waals surface area contributed by atoms with Crippen LogP contribution in [-0.4, -0.2) is 28.1 Å². The van der Waals surface area contributed by atoms with Crippen molar-refractivity contribution in [3.05, 3.63) is 42.2 Å². The average Bonchev–Trinajstić information content (AvgIpc) is 3.02. The molecule has 3 rings (SSSR count). The van der Waals surface area contributed by atoms with Gasteiger partial charge in [0.15, 0.2) is 0 Å². The van der Waals surface area contributed by atoms with Crippen molar-refractivity contribution in [3.8, 4) is 5.69 Å². The van der Waals surface area contributed by atoms with E-state index < -0.39 is 0 Å². The molecule has 1 aromatic heterocycles. The monoisotopic (exact) mass is 312 g/mol. The maximum absolute atomic E-state index is 6.07. The van der Waals surface area contributed by atoms with Crippen molar-refractivity contribution < 1.29 is 9.31 Å². The Kier molecular flexibility index (Phi) is 3.89. The Balaban J connectivity index is 1.81. The lowest BCUT2D eigenvalue weighted by Gasteiger charge is -2.32. The van der Waals surface area contributed by atoms with Crippen molar-refractivity contribution >= 4 is 12.6 Å². The molecule has 4 nitrogen and oxygen atoms in total. The summed E-state index contributed by atoms with van der Waals surface area (Å²) in [6.45, 7) is 12.6. The minimum absolute atomic E-state index is 0.335. The summed E-state index contributed by atoms with van der Waals surface area (Å²) >= 11 is 0. The molecule has 0 atom stereocenters. The fourth-order valence-corrected chi connectivity index (χ4v) is 2.59. The van der Waals surface area contributed by atoms with Crippen LogP contribution in [0.2, 0.25) is 0 Å². The van der Waals surface area contributed by atoms with Gasteiger partial charge in [0.25, 0.3) is 0 Å². The first-order chi connectivity index (χ1) is 10.7. The maximum atomic E-state index is 6.07. The minimum Gasteiger partial charge on any atom is -0.399 e. The number of rotatable bonds is 3. The van der Waals surface area contributed by atoms with Crippen LogP contribution in [0.1, 0.15) is 53.0 Å². The van der Waals surface area contributed by atoms with E-state index >= 15 is 0 Å². The first kappa shape index (κ1) is 16.3. The van der Waals surface area contributed by atoms with Gasteiger partial charge >= 0.3 is 7.12 Å². The molecule has 1 fully saturated rings. The molecule has 23 heavy (non-hydrogen) atoms. The Labute approximate surface area is 138 Å². The highest BCUT2D eigenvalue weighted by atomic mass is 16.7. The number of nitrogens with zero attached hydrogens (tertiary/aromatic N) is 2. The Morgan fingerprint density at radius 3 is 2.09 bits per heavy atom. The second-order valence-corrected chi connectivity index (χ2v) is 7.55. The molecule has 2 heterocycles. The van der Waals surface area contributed by atoms with Gasteiger partial charge in [-0.1, -0.05) is 26.0 Å². The molecule has 0 amide bonds. The maximum Gasteiger partial charge on any atom is 0.498 e. The van der Waals surface area contributed by atoms with E-state index in [-0.39, 0.29) is 18.3 Å². The molecular formula is C18H25BN2O2. The molecule has 0 unspecified atom stereocenters. The first-order valence-corrected chi connectivity index (χ1v) is 8.20. The standard InChI is InChI=1S/C18H25BN2O2/c1-13(2)14-7-9-16(10-8-14)21-12-15(11-20-21)19-22-17(3,4)18(5,6)23-19/h7-13H,1-6H3. The highest BCUT2D eigenvalue weighted by Crippen LogP contribution is 2.36. The topological polar surface area (TPSA) is 36.3 Å². The zero-order valence-electron chi connectivity index (χ0n) is 14.8. The van der Waals surface area contributed by atoms with Crippen LogP contribution in [0.3, 0.4) is 0 Å². The zero-order chi connectivity index (χ0) is 16.8. The van der Waals surface area contributed by atoms with Crippen molar-refractivity contribution in [2.24, 2.45) is 0 Å². The average molecular weight is 312 g/mol. The third kappa shape index (κ3) is 2.95. The second-order valence-electron chi connectivity index (χ2n) is 7.55. The van der Waals surface area contributed by atoms with Gasteiger partial charge in [-0.3, -0.25) is 0 Å². The summed E-state index contributed by atoms with van der Waals surface area (Å²) in [5.41, 5.74) is 2.64. The number of benzene rings is 1. The van der Waals surface area contributed by atoms with Crippen LogP contribution in [0.25, 0.3) is 5.69 Å². The van der Waals surface area contributed by atoms with Gasteiger partial charge in [0.05, 0.1) is 16.9 Å². The van der Waals surface area contributed by atoms with Crippen LogP contribution in [0.4, 0.5) is 0 Å². The number of aromatic nitrogens is 2. The Morgan fingerprint density at radius 2 is 1.57 bits per heavy atom. The van der Waals surface area contributed by atoms with Crippen LogP contribution in [-0.2, 0) is 9.31 Å². The molecule has 0 radical (unpaired) electrons. The Hall–Kier alpha value is -1.59. The Bertz CT molecular complexity index is 673. The largest absolute Gasteiger partial charge is 0.498 e. The molecule has 0 bridgehead atoms. The SMILES string of the molecule is CC(C)c1ccc(-n2cc(B3OC(C)(C)C(C)(C)O3)cn2)cc1. The summed E-state index contributed by atoms with van der Waals surface area (Å²) in [6.07, 6.45) is 3.80. The van der Waals surface area contributed by atoms with Gasteiger partial charge in [0, 0.05) is 17.9 Å². The van der Waals surface area contributed by atoms with Gasteiger partial charge in [-0.25, -0.2) is 4.68 Å². The van der Waals surface area contributed by atoms with Crippen LogP contribution in [0.5, 0.6) is 0 Å². The van der Waals surface area contributed by atoms with E-state index in [0.717, 1.165) is 11.2 Å². The zero-order valence-corrected chi connectivity index (χ0v) is 14.8. The van der Waals surface area contributed by atoms with Gasteiger partial charge in [0.1, 0.15) is 0 Å². The van der Waals surface area contributed by atoms with E-state index in [0.29, 0.717) is 5.92 Å². The number of hydrogen-bond donors (Lipinski definition) is 0. The van der Waals surface area contributed by atoms with E-state index in [1.807, 2.05) is 17.1 Å². The van der Waals surface area contributed by atoms with Gasteiger partial charge < -0.3 is 9.31 Å². The van der Waals surface area contributed by atoms with Crippen LogP contribution < -0.4 is 5.46 Å². The third-order valence-electron chi connectivity index (χ3n) is 4.95. The minimum atomic E-state index is -0.372.